The third kappa shape index (κ3) is 3.59. The number of aliphatic hydroxyl groups is 1. The van der Waals surface area contributed by atoms with Crippen LogP contribution in [0.2, 0.25) is 0 Å². The van der Waals surface area contributed by atoms with Crippen LogP contribution < -0.4 is 0 Å². The molecule has 0 spiro atoms. The van der Waals surface area contributed by atoms with E-state index in [9.17, 15) is 0 Å². The number of aromatic nitrogens is 2. The van der Waals surface area contributed by atoms with Gasteiger partial charge in [-0.2, -0.15) is 0 Å². The van der Waals surface area contributed by atoms with Gasteiger partial charge in [-0.1, -0.05) is 13.8 Å². The minimum atomic E-state index is -0.0226. The number of nitrogens with zero attached hydrogens (tertiary/aromatic N) is 2. The Labute approximate surface area is 80.4 Å². The molecule has 0 unspecified atom stereocenters. The van der Waals surface area contributed by atoms with E-state index < -0.39 is 0 Å². The molecule has 76 valence electrons. The zero-order valence-electron chi connectivity index (χ0n) is 8.99. The van der Waals surface area contributed by atoms with Crippen LogP contribution in [0.4, 0.5) is 0 Å². The van der Waals surface area contributed by atoms with Crippen molar-refractivity contribution in [1.82, 2.24) is 9.55 Å². The molecule has 1 rings (SSSR count). The van der Waals surface area contributed by atoms with Crippen molar-refractivity contribution < 1.29 is 5.11 Å². The van der Waals surface area contributed by atoms with Gasteiger partial charge in [0.25, 0.3) is 0 Å². The highest BCUT2D eigenvalue weighted by Gasteiger charge is 2.17. The van der Waals surface area contributed by atoms with Crippen molar-refractivity contribution in [2.45, 2.75) is 39.7 Å². The highest BCUT2D eigenvalue weighted by molar-refractivity contribution is 4.85. The van der Waals surface area contributed by atoms with E-state index in [1.807, 2.05) is 24.6 Å². The second kappa shape index (κ2) is 5.75. The van der Waals surface area contributed by atoms with E-state index in [1.165, 1.54) is 0 Å². The second-order valence-electron chi connectivity index (χ2n) is 3.26. The summed E-state index contributed by atoms with van der Waals surface area (Å²) < 4.78 is 2.00. The van der Waals surface area contributed by atoms with E-state index in [-0.39, 0.29) is 12.1 Å². The van der Waals surface area contributed by atoms with Crippen LogP contribution >= 0.6 is 0 Å². The monoisotopic (exact) mass is 184 g/mol. The minimum Gasteiger partial charge on any atom is -0.396 e. The van der Waals surface area contributed by atoms with Crippen LogP contribution in [0.1, 0.15) is 34.1 Å². The first kappa shape index (κ1) is 12.2. The maximum absolute atomic E-state index is 8.77. The number of imidazole rings is 1. The molecule has 0 amide bonds. The van der Waals surface area contributed by atoms with Gasteiger partial charge in [-0.05, 0) is 20.3 Å². The van der Waals surface area contributed by atoms with Crippen LogP contribution in [0.15, 0.2) is 18.7 Å². The minimum absolute atomic E-state index is 0.0226. The quantitative estimate of drug-likeness (QED) is 0.780. The summed E-state index contributed by atoms with van der Waals surface area (Å²) in [6.07, 6.45) is 6.19. The molecule has 0 aliphatic heterocycles. The van der Waals surface area contributed by atoms with Gasteiger partial charge in [0.1, 0.15) is 0 Å². The first-order chi connectivity index (χ1) is 6.17. The summed E-state index contributed by atoms with van der Waals surface area (Å²) in [5.41, 5.74) is -0.0226. The molecule has 0 saturated heterocycles. The predicted octanol–water partition coefficient (Wildman–Crippen LogP) is 2.03. The van der Waals surface area contributed by atoms with E-state index in [0.29, 0.717) is 0 Å². The Morgan fingerprint density at radius 1 is 1.38 bits per heavy atom. The van der Waals surface area contributed by atoms with Gasteiger partial charge in [0.2, 0.25) is 0 Å². The van der Waals surface area contributed by atoms with E-state index in [0.717, 1.165) is 6.42 Å². The third-order valence-electron chi connectivity index (χ3n) is 1.93. The number of hydrogen-bond donors (Lipinski definition) is 1. The summed E-state index contributed by atoms with van der Waals surface area (Å²) in [6.45, 7) is 8.36. The van der Waals surface area contributed by atoms with Crippen molar-refractivity contribution in [3.05, 3.63) is 18.7 Å². The predicted molar refractivity (Wildman–Crippen MR) is 54.6 cm³/mol. The molecule has 0 atom stereocenters. The van der Waals surface area contributed by atoms with E-state index in [4.69, 9.17) is 5.11 Å². The van der Waals surface area contributed by atoms with Gasteiger partial charge in [-0.3, -0.25) is 0 Å². The maximum Gasteiger partial charge on any atom is 0.0950 e. The second-order valence-corrected chi connectivity index (χ2v) is 3.26. The summed E-state index contributed by atoms with van der Waals surface area (Å²) >= 11 is 0. The fraction of sp³-hybridized carbons (Fsp3) is 0.700. The topological polar surface area (TPSA) is 38.0 Å². The van der Waals surface area contributed by atoms with Gasteiger partial charge in [0.15, 0.2) is 0 Å². The Hall–Kier alpha value is -0.830. The third-order valence-corrected chi connectivity index (χ3v) is 1.93. The molecular formula is C10H20N2O. The van der Waals surface area contributed by atoms with Crippen molar-refractivity contribution in [3.63, 3.8) is 0 Å². The van der Waals surface area contributed by atoms with Gasteiger partial charge in [0.05, 0.1) is 6.33 Å². The average molecular weight is 184 g/mol. The highest BCUT2D eigenvalue weighted by Crippen LogP contribution is 2.17. The fourth-order valence-electron chi connectivity index (χ4n) is 1.02. The lowest BCUT2D eigenvalue weighted by molar-refractivity contribution is 0.213. The zero-order valence-corrected chi connectivity index (χ0v) is 8.99. The summed E-state index contributed by atoms with van der Waals surface area (Å²) in [6, 6.07) is 0. The van der Waals surface area contributed by atoms with Crippen LogP contribution in [-0.2, 0) is 5.54 Å². The maximum atomic E-state index is 8.77. The van der Waals surface area contributed by atoms with Crippen LogP contribution in [0.25, 0.3) is 0 Å². The molecule has 0 aliphatic carbocycles. The molecule has 1 N–H and O–H groups in total. The average Bonchev–Trinajstić information content (AvgIpc) is 2.60. The van der Waals surface area contributed by atoms with E-state index >= 15 is 0 Å². The molecule has 1 heterocycles. The molecule has 0 saturated carbocycles. The first-order valence-corrected chi connectivity index (χ1v) is 4.76. The first-order valence-electron chi connectivity index (χ1n) is 4.76. The molecule has 0 aromatic carbocycles. The molecule has 13 heavy (non-hydrogen) atoms. The van der Waals surface area contributed by atoms with Gasteiger partial charge in [0, 0.05) is 24.5 Å². The van der Waals surface area contributed by atoms with E-state index in [1.54, 1.807) is 12.5 Å². The molecule has 0 aliphatic rings. The molecule has 3 nitrogen and oxygen atoms in total. The summed E-state index contributed by atoms with van der Waals surface area (Å²) in [7, 11) is 0. The Morgan fingerprint density at radius 2 is 2.00 bits per heavy atom. The van der Waals surface area contributed by atoms with Crippen molar-refractivity contribution in [3.8, 4) is 0 Å². The number of aliphatic hydroxyl groups excluding tert-OH is 1. The summed E-state index contributed by atoms with van der Waals surface area (Å²) in [5.74, 6) is 0. The van der Waals surface area contributed by atoms with Gasteiger partial charge < -0.3 is 9.67 Å². The Morgan fingerprint density at radius 3 is 2.38 bits per heavy atom. The standard InChI is InChI=1S/C8H14N2O.C2H6/c1-8(2,3-6-11)10-5-4-9-7-10;1-2/h4-5,7,11H,3,6H2,1-2H3;1-2H3. The SMILES string of the molecule is CC.CC(C)(CCO)n1ccnc1. The van der Waals surface area contributed by atoms with Crippen LogP contribution in [-0.4, -0.2) is 21.3 Å². The summed E-state index contributed by atoms with van der Waals surface area (Å²) in [5, 5.41) is 8.77. The molecule has 1 aromatic rings. The number of hydrogen-bond acceptors (Lipinski definition) is 2. The van der Waals surface area contributed by atoms with Gasteiger partial charge >= 0.3 is 0 Å². The lowest BCUT2D eigenvalue weighted by atomic mass is 10.0. The van der Waals surface area contributed by atoms with Gasteiger partial charge in [-0.15, -0.1) is 0 Å². The smallest absolute Gasteiger partial charge is 0.0950 e. The Bertz CT molecular complexity index is 205. The Balaban J connectivity index is 0.000000671. The molecule has 0 bridgehead atoms. The number of rotatable bonds is 3. The zero-order chi connectivity index (χ0) is 10.3. The van der Waals surface area contributed by atoms with Crippen LogP contribution in [0.5, 0.6) is 0 Å². The van der Waals surface area contributed by atoms with Crippen molar-refractivity contribution in [2.24, 2.45) is 0 Å². The molecule has 0 radical (unpaired) electrons. The molecular weight excluding hydrogens is 164 g/mol. The van der Waals surface area contributed by atoms with Gasteiger partial charge in [-0.25, -0.2) is 4.98 Å². The normalized spacial score (nSPS) is 10.5. The summed E-state index contributed by atoms with van der Waals surface area (Å²) in [4.78, 5) is 3.95. The van der Waals surface area contributed by atoms with E-state index in [2.05, 4.69) is 18.8 Å². The lowest BCUT2D eigenvalue weighted by Crippen LogP contribution is -2.25. The molecule has 0 fully saturated rings. The molecule has 1 aromatic heterocycles. The largest absolute Gasteiger partial charge is 0.396 e. The van der Waals surface area contributed by atoms with Crippen molar-refractivity contribution in [2.75, 3.05) is 6.61 Å². The fourth-order valence-corrected chi connectivity index (χ4v) is 1.02. The lowest BCUT2D eigenvalue weighted by Gasteiger charge is -2.25. The van der Waals surface area contributed by atoms with Crippen molar-refractivity contribution >= 4 is 0 Å². The highest BCUT2D eigenvalue weighted by atomic mass is 16.3. The Kier molecular flexibility index (Phi) is 5.39. The van der Waals surface area contributed by atoms with Crippen LogP contribution in [0, 0.1) is 0 Å². The van der Waals surface area contributed by atoms with Crippen LogP contribution in [0.3, 0.4) is 0 Å². The molecule has 3 heteroatoms. The van der Waals surface area contributed by atoms with Crippen molar-refractivity contribution in [1.29, 1.82) is 0 Å².